The second-order valence-electron chi connectivity index (χ2n) is 5.58. The maximum Gasteiger partial charge on any atom is 0.306 e. The first-order chi connectivity index (χ1) is 11.7. The Bertz CT molecular complexity index is 787. The standard InChI is InChI=1S/C15H19ClN2O6S/c1-17-14(19)11-7-10(16)8-12(13(11)24-2)25(22,23)18-5-3-9(4-6-18)15(20)21/h7-9H,3-6H2,1-2H3,(H,17,19)(H,20,21). The molecule has 1 aliphatic heterocycles. The minimum absolute atomic E-state index is 0.0106. The van der Waals surface area contributed by atoms with Crippen molar-refractivity contribution in [2.75, 3.05) is 27.2 Å². The van der Waals surface area contributed by atoms with Gasteiger partial charge in [-0.15, -0.1) is 0 Å². The molecule has 0 spiro atoms. The molecular weight excluding hydrogens is 372 g/mol. The molecule has 0 radical (unpaired) electrons. The van der Waals surface area contributed by atoms with Crippen LogP contribution in [-0.2, 0) is 14.8 Å². The van der Waals surface area contributed by atoms with E-state index in [2.05, 4.69) is 5.32 Å². The van der Waals surface area contributed by atoms with E-state index < -0.39 is 27.8 Å². The lowest BCUT2D eigenvalue weighted by atomic mass is 9.99. The Kier molecular flexibility index (Phi) is 5.91. The number of aliphatic carboxylic acids is 1. The van der Waals surface area contributed by atoms with Gasteiger partial charge in [-0.2, -0.15) is 4.31 Å². The smallest absolute Gasteiger partial charge is 0.306 e. The fraction of sp³-hybridized carbons (Fsp3) is 0.467. The molecule has 10 heteroatoms. The Morgan fingerprint density at radius 3 is 2.40 bits per heavy atom. The third kappa shape index (κ3) is 3.88. The maximum absolute atomic E-state index is 13.0. The molecule has 2 rings (SSSR count). The van der Waals surface area contributed by atoms with Crippen molar-refractivity contribution in [1.29, 1.82) is 0 Å². The molecule has 1 heterocycles. The highest BCUT2D eigenvalue weighted by Crippen LogP contribution is 2.35. The van der Waals surface area contributed by atoms with Gasteiger partial charge in [-0.25, -0.2) is 8.42 Å². The van der Waals surface area contributed by atoms with Crippen molar-refractivity contribution in [2.45, 2.75) is 17.7 Å². The van der Waals surface area contributed by atoms with Gasteiger partial charge in [0.15, 0.2) is 5.75 Å². The van der Waals surface area contributed by atoms with Crippen LogP contribution >= 0.6 is 11.6 Å². The highest BCUT2D eigenvalue weighted by molar-refractivity contribution is 7.89. The van der Waals surface area contributed by atoms with Crippen LogP contribution < -0.4 is 10.1 Å². The number of methoxy groups -OCH3 is 1. The molecular formula is C15H19ClN2O6S. The van der Waals surface area contributed by atoms with Crippen LogP contribution in [0.5, 0.6) is 5.75 Å². The molecule has 1 aromatic rings. The summed E-state index contributed by atoms with van der Waals surface area (Å²) in [5, 5.41) is 11.5. The molecule has 138 valence electrons. The second kappa shape index (κ2) is 7.59. The fourth-order valence-corrected chi connectivity index (χ4v) is 4.71. The summed E-state index contributed by atoms with van der Waals surface area (Å²) < 4.78 is 32.3. The molecule has 2 N–H and O–H groups in total. The van der Waals surface area contributed by atoms with Crippen LogP contribution in [-0.4, -0.2) is 57.0 Å². The van der Waals surface area contributed by atoms with Crippen LogP contribution in [0.3, 0.4) is 0 Å². The van der Waals surface area contributed by atoms with Crippen LogP contribution in [0.1, 0.15) is 23.2 Å². The molecule has 0 atom stereocenters. The Morgan fingerprint density at radius 1 is 1.32 bits per heavy atom. The summed E-state index contributed by atoms with van der Waals surface area (Å²) in [6.45, 7) is 0.147. The third-order valence-electron chi connectivity index (χ3n) is 4.12. The van der Waals surface area contributed by atoms with E-state index in [1.165, 1.54) is 30.6 Å². The van der Waals surface area contributed by atoms with Crippen molar-refractivity contribution in [1.82, 2.24) is 9.62 Å². The van der Waals surface area contributed by atoms with E-state index >= 15 is 0 Å². The first kappa shape index (κ1) is 19.5. The molecule has 0 aromatic heterocycles. The molecule has 0 unspecified atom stereocenters. The van der Waals surface area contributed by atoms with Crippen molar-refractivity contribution in [2.24, 2.45) is 5.92 Å². The van der Waals surface area contributed by atoms with Gasteiger partial charge < -0.3 is 15.2 Å². The second-order valence-corrected chi connectivity index (χ2v) is 7.92. The zero-order valence-electron chi connectivity index (χ0n) is 13.8. The normalized spacial score (nSPS) is 16.4. The number of amides is 1. The van der Waals surface area contributed by atoms with Gasteiger partial charge in [-0.3, -0.25) is 9.59 Å². The van der Waals surface area contributed by atoms with Gasteiger partial charge in [0.2, 0.25) is 10.0 Å². The van der Waals surface area contributed by atoms with E-state index in [4.69, 9.17) is 21.4 Å². The molecule has 1 saturated heterocycles. The Hall–Kier alpha value is -1.84. The summed E-state index contributed by atoms with van der Waals surface area (Å²) in [4.78, 5) is 22.8. The van der Waals surface area contributed by atoms with E-state index in [1.807, 2.05) is 0 Å². The number of benzene rings is 1. The quantitative estimate of drug-likeness (QED) is 0.780. The van der Waals surface area contributed by atoms with Crippen molar-refractivity contribution < 1.29 is 27.9 Å². The molecule has 1 amide bonds. The van der Waals surface area contributed by atoms with Crippen LogP contribution in [0.15, 0.2) is 17.0 Å². The van der Waals surface area contributed by atoms with Crippen LogP contribution in [0.2, 0.25) is 5.02 Å². The fourth-order valence-electron chi connectivity index (χ4n) is 2.76. The number of carbonyl (C=O) groups excluding carboxylic acids is 1. The van der Waals surface area contributed by atoms with Gasteiger partial charge in [0.1, 0.15) is 4.90 Å². The summed E-state index contributed by atoms with van der Waals surface area (Å²) in [5.74, 6) is -2.11. The average molecular weight is 391 g/mol. The van der Waals surface area contributed by atoms with Crippen molar-refractivity contribution in [3.05, 3.63) is 22.7 Å². The SMILES string of the molecule is CNC(=O)c1cc(Cl)cc(S(=O)(=O)N2CCC(C(=O)O)CC2)c1OC. The van der Waals surface area contributed by atoms with E-state index in [0.717, 1.165) is 0 Å². The van der Waals surface area contributed by atoms with Crippen molar-refractivity contribution in [3.8, 4) is 5.75 Å². The van der Waals surface area contributed by atoms with Crippen LogP contribution in [0.25, 0.3) is 0 Å². The molecule has 0 aliphatic carbocycles. The molecule has 25 heavy (non-hydrogen) atoms. The maximum atomic E-state index is 13.0. The molecule has 1 aliphatic rings. The number of carboxylic acids is 1. The summed E-state index contributed by atoms with van der Waals surface area (Å²) in [6.07, 6.45) is 0.444. The molecule has 1 fully saturated rings. The van der Waals surface area contributed by atoms with Gasteiger partial charge >= 0.3 is 5.97 Å². The van der Waals surface area contributed by atoms with Crippen LogP contribution in [0, 0.1) is 5.92 Å². The van der Waals surface area contributed by atoms with Gasteiger partial charge in [0.05, 0.1) is 18.6 Å². The highest BCUT2D eigenvalue weighted by atomic mass is 35.5. The zero-order chi connectivity index (χ0) is 18.8. The lowest BCUT2D eigenvalue weighted by Crippen LogP contribution is -2.40. The number of sulfonamides is 1. The molecule has 0 saturated carbocycles. The number of carbonyl (C=O) groups is 2. The Balaban J connectivity index is 2.44. The number of ether oxygens (including phenoxy) is 1. The highest BCUT2D eigenvalue weighted by Gasteiger charge is 2.35. The van der Waals surface area contributed by atoms with Crippen molar-refractivity contribution >= 4 is 33.5 Å². The summed E-state index contributed by atoms with van der Waals surface area (Å²) >= 11 is 5.99. The average Bonchev–Trinajstić information content (AvgIpc) is 2.60. The van der Waals surface area contributed by atoms with Gasteiger partial charge in [-0.1, -0.05) is 11.6 Å². The summed E-state index contributed by atoms with van der Waals surface area (Å²) in [7, 11) is -1.31. The van der Waals surface area contributed by atoms with Gasteiger partial charge in [0.25, 0.3) is 5.91 Å². The van der Waals surface area contributed by atoms with E-state index in [1.54, 1.807) is 0 Å². The molecule has 8 nitrogen and oxygen atoms in total. The number of hydrogen-bond acceptors (Lipinski definition) is 5. The minimum Gasteiger partial charge on any atom is -0.494 e. The predicted molar refractivity (Wildman–Crippen MR) is 90.5 cm³/mol. The van der Waals surface area contributed by atoms with E-state index in [-0.39, 0.29) is 47.2 Å². The van der Waals surface area contributed by atoms with E-state index in [9.17, 15) is 18.0 Å². The number of nitrogens with zero attached hydrogens (tertiary/aromatic N) is 1. The Morgan fingerprint density at radius 2 is 1.92 bits per heavy atom. The first-order valence-electron chi connectivity index (χ1n) is 7.55. The lowest BCUT2D eigenvalue weighted by molar-refractivity contribution is -0.142. The van der Waals surface area contributed by atoms with Crippen LogP contribution in [0.4, 0.5) is 0 Å². The first-order valence-corrected chi connectivity index (χ1v) is 9.36. The number of rotatable bonds is 5. The minimum atomic E-state index is -3.99. The topological polar surface area (TPSA) is 113 Å². The summed E-state index contributed by atoms with van der Waals surface area (Å²) in [6, 6.07) is 2.56. The number of piperidine rings is 1. The van der Waals surface area contributed by atoms with E-state index in [0.29, 0.717) is 0 Å². The largest absolute Gasteiger partial charge is 0.494 e. The predicted octanol–water partition coefficient (Wildman–Crippen LogP) is 1.19. The summed E-state index contributed by atoms with van der Waals surface area (Å²) in [5.41, 5.74) is 0.0106. The Labute approximate surface area is 150 Å². The number of carboxylic acid groups (broad SMARTS) is 1. The number of hydrogen-bond donors (Lipinski definition) is 2. The van der Waals surface area contributed by atoms with Gasteiger partial charge in [0, 0.05) is 25.2 Å². The zero-order valence-corrected chi connectivity index (χ0v) is 15.4. The van der Waals surface area contributed by atoms with Gasteiger partial charge in [-0.05, 0) is 25.0 Å². The monoisotopic (exact) mass is 390 g/mol. The third-order valence-corrected chi connectivity index (χ3v) is 6.24. The number of nitrogens with one attached hydrogen (secondary N) is 1. The lowest BCUT2D eigenvalue weighted by Gasteiger charge is -2.30. The molecule has 1 aromatic carbocycles. The number of halogens is 1. The van der Waals surface area contributed by atoms with Crippen molar-refractivity contribution in [3.63, 3.8) is 0 Å². The molecule has 0 bridgehead atoms.